The molecule has 0 aliphatic carbocycles. The van der Waals surface area contributed by atoms with Crippen LogP contribution in [0.15, 0.2) is 40.9 Å². The average molecular weight is 302 g/mol. The number of nitrogens with zero attached hydrogens (tertiary/aromatic N) is 2. The molecule has 0 bridgehead atoms. The van der Waals surface area contributed by atoms with Crippen molar-refractivity contribution in [3.05, 3.63) is 57.8 Å². The maximum absolute atomic E-state index is 8.84. The lowest BCUT2D eigenvalue weighted by Crippen LogP contribution is -2.02. The van der Waals surface area contributed by atoms with Crippen molar-refractivity contribution in [2.45, 2.75) is 13.5 Å². The average Bonchev–Trinajstić information content (AvgIpc) is 2.37. The molecule has 1 aromatic heterocycles. The Hall–Kier alpha value is -1.86. The van der Waals surface area contributed by atoms with Gasteiger partial charge in [0.1, 0.15) is 6.07 Å². The molecule has 90 valence electrons. The standard InChI is InChI=1S/C14H12BrN3/c1-10-3-2-4-13(18-10)9-17-12-6-5-11(8-16)14(15)7-12/h2-7,17H,9H2,1H3. The molecule has 0 radical (unpaired) electrons. The number of hydrogen-bond acceptors (Lipinski definition) is 3. The van der Waals surface area contributed by atoms with Crippen LogP contribution in [0, 0.1) is 18.3 Å². The van der Waals surface area contributed by atoms with Gasteiger partial charge >= 0.3 is 0 Å². The minimum Gasteiger partial charge on any atom is -0.379 e. The van der Waals surface area contributed by atoms with Crippen molar-refractivity contribution < 1.29 is 0 Å². The maximum Gasteiger partial charge on any atom is 0.100 e. The molecule has 2 aromatic rings. The van der Waals surface area contributed by atoms with Crippen LogP contribution in [0.4, 0.5) is 5.69 Å². The lowest BCUT2D eigenvalue weighted by Gasteiger charge is -2.07. The monoisotopic (exact) mass is 301 g/mol. The highest BCUT2D eigenvalue weighted by atomic mass is 79.9. The maximum atomic E-state index is 8.84. The quantitative estimate of drug-likeness (QED) is 0.941. The molecule has 0 spiro atoms. The van der Waals surface area contributed by atoms with Crippen LogP contribution in [0.2, 0.25) is 0 Å². The zero-order valence-electron chi connectivity index (χ0n) is 9.94. The summed E-state index contributed by atoms with van der Waals surface area (Å²) < 4.78 is 0.798. The van der Waals surface area contributed by atoms with Crippen LogP contribution < -0.4 is 5.32 Å². The van der Waals surface area contributed by atoms with Crippen LogP contribution in [0.25, 0.3) is 0 Å². The fraction of sp³-hybridized carbons (Fsp3) is 0.143. The molecule has 18 heavy (non-hydrogen) atoms. The Morgan fingerprint density at radius 3 is 2.83 bits per heavy atom. The third kappa shape index (κ3) is 3.08. The number of aryl methyl sites for hydroxylation is 1. The van der Waals surface area contributed by atoms with E-state index < -0.39 is 0 Å². The molecule has 1 N–H and O–H groups in total. The Balaban J connectivity index is 2.07. The van der Waals surface area contributed by atoms with Crippen LogP contribution in [0.5, 0.6) is 0 Å². The summed E-state index contributed by atoms with van der Waals surface area (Å²) in [6.45, 7) is 2.64. The van der Waals surface area contributed by atoms with Gasteiger partial charge in [-0.25, -0.2) is 0 Å². The van der Waals surface area contributed by atoms with Gasteiger partial charge in [-0.2, -0.15) is 5.26 Å². The molecule has 0 saturated heterocycles. The normalized spacial score (nSPS) is 9.83. The fourth-order valence-electron chi connectivity index (χ4n) is 1.61. The minimum atomic E-state index is 0.634. The molecule has 3 nitrogen and oxygen atoms in total. The van der Waals surface area contributed by atoms with Crippen LogP contribution in [-0.4, -0.2) is 4.98 Å². The molecule has 1 heterocycles. The Morgan fingerprint density at radius 1 is 1.33 bits per heavy atom. The van der Waals surface area contributed by atoms with Crippen molar-refractivity contribution in [2.24, 2.45) is 0 Å². The molecule has 0 fully saturated rings. The molecular weight excluding hydrogens is 290 g/mol. The van der Waals surface area contributed by atoms with Gasteiger partial charge in [-0.1, -0.05) is 6.07 Å². The number of halogens is 1. The highest BCUT2D eigenvalue weighted by Crippen LogP contribution is 2.21. The van der Waals surface area contributed by atoms with Crippen LogP contribution in [-0.2, 0) is 6.54 Å². The van der Waals surface area contributed by atoms with Crippen molar-refractivity contribution >= 4 is 21.6 Å². The zero-order valence-corrected chi connectivity index (χ0v) is 11.5. The largest absolute Gasteiger partial charge is 0.379 e. The topological polar surface area (TPSA) is 48.7 Å². The summed E-state index contributed by atoms with van der Waals surface area (Å²) in [7, 11) is 0. The fourth-order valence-corrected chi connectivity index (χ4v) is 2.07. The van der Waals surface area contributed by atoms with Crippen molar-refractivity contribution in [1.82, 2.24) is 4.98 Å². The van der Waals surface area contributed by atoms with Gasteiger partial charge in [0.25, 0.3) is 0 Å². The summed E-state index contributed by atoms with van der Waals surface area (Å²) in [4.78, 5) is 4.42. The highest BCUT2D eigenvalue weighted by Gasteiger charge is 2.01. The van der Waals surface area contributed by atoms with E-state index in [-0.39, 0.29) is 0 Å². The van der Waals surface area contributed by atoms with Gasteiger partial charge in [-0.15, -0.1) is 0 Å². The van der Waals surface area contributed by atoms with E-state index in [2.05, 4.69) is 32.3 Å². The first-order chi connectivity index (χ1) is 8.69. The number of anilines is 1. The van der Waals surface area contributed by atoms with Gasteiger partial charge in [0.05, 0.1) is 17.8 Å². The van der Waals surface area contributed by atoms with E-state index in [9.17, 15) is 0 Å². The molecule has 0 saturated carbocycles. The number of hydrogen-bond donors (Lipinski definition) is 1. The molecule has 0 unspecified atom stereocenters. The molecule has 4 heteroatoms. The molecule has 0 aliphatic rings. The first-order valence-electron chi connectivity index (χ1n) is 5.55. The second kappa shape index (κ2) is 5.65. The van der Waals surface area contributed by atoms with Gasteiger partial charge in [0, 0.05) is 15.9 Å². The summed E-state index contributed by atoms with van der Waals surface area (Å²) in [6, 6.07) is 13.6. The second-order valence-electron chi connectivity index (χ2n) is 3.93. The highest BCUT2D eigenvalue weighted by molar-refractivity contribution is 9.10. The Morgan fingerprint density at radius 2 is 2.17 bits per heavy atom. The third-order valence-corrected chi connectivity index (χ3v) is 3.17. The Kier molecular flexibility index (Phi) is 3.96. The number of pyridine rings is 1. The van der Waals surface area contributed by atoms with Gasteiger partial charge in [-0.3, -0.25) is 4.98 Å². The first-order valence-corrected chi connectivity index (χ1v) is 6.34. The molecule has 0 aliphatic heterocycles. The lowest BCUT2D eigenvalue weighted by atomic mass is 10.2. The minimum absolute atomic E-state index is 0.634. The number of benzene rings is 1. The third-order valence-electron chi connectivity index (χ3n) is 2.51. The number of nitriles is 1. The molecule has 1 aromatic carbocycles. The SMILES string of the molecule is Cc1cccc(CNc2ccc(C#N)c(Br)c2)n1. The van der Waals surface area contributed by atoms with Crippen molar-refractivity contribution in [3.63, 3.8) is 0 Å². The number of rotatable bonds is 3. The van der Waals surface area contributed by atoms with E-state index in [4.69, 9.17) is 5.26 Å². The molecule has 0 amide bonds. The second-order valence-corrected chi connectivity index (χ2v) is 4.78. The zero-order chi connectivity index (χ0) is 13.0. The lowest BCUT2D eigenvalue weighted by molar-refractivity contribution is 1.01. The Labute approximate surface area is 115 Å². The summed E-state index contributed by atoms with van der Waals surface area (Å²) in [5.74, 6) is 0. The van der Waals surface area contributed by atoms with E-state index in [1.807, 2.05) is 37.3 Å². The van der Waals surface area contributed by atoms with Crippen LogP contribution >= 0.6 is 15.9 Å². The van der Waals surface area contributed by atoms with Gasteiger partial charge in [0.15, 0.2) is 0 Å². The van der Waals surface area contributed by atoms with Crippen LogP contribution in [0.3, 0.4) is 0 Å². The van der Waals surface area contributed by atoms with Crippen molar-refractivity contribution in [2.75, 3.05) is 5.32 Å². The van der Waals surface area contributed by atoms with Crippen molar-refractivity contribution in [3.8, 4) is 6.07 Å². The molecule has 2 rings (SSSR count). The van der Waals surface area contributed by atoms with E-state index in [0.29, 0.717) is 12.1 Å². The van der Waals surface area contributed by atoms with Crippen LogP contribution in [0.1, 0.15) is 17.0 Å². The van der Waals surface area contributed by atoms with E-state index in [1.54, 1.807) is 6.07 Å². The first kappa shape index (κ1) is 12.6. The van der Waals surface area contributed by atoms with Crippen molar-refractivity contribution in [1.29, 1.82) is 5.26 Å². The Bertz CT molecular complexity index is 602. The summed E-state index contributed by atoms with van der Waals surface area (Å²) in [5.41, 5.74) is 3.60. The number of nitrogens with one attached hydrogen (secondary N) is 1. The summed E-state index contributed by atoms with van der Waals surface area (Å²) >= 11 is 3.37. The van der Waals surface area contributed by atoms with E-state index in [1.165, 1.54) is 0 Å². The molecular formula is C14H12BrN3. The van der Waals surface area contributed by atoms with E-state index >= 15 is 0 Å². The van der Waals surface area contributed by atoms with Gasteiger partial charge in [-0.05, 0) is 53.2 Å². The summed E-state index contributed by atoms with van der Waals surface area (Å²) in [6.07, 6.45) is 0. The predicted molar refractivity (Wildman–Crippen MR) is 75.2 cm³/mol. The molecule has 0 atom stereocenters. The van der Waals surface area contributed by atoms with Gasteiger partial charge < -0.3 is 5.32 Å². The predicted octanol–water partition coefficient (Wildman–Crippen LogP) is 3.64. The summed E-state index contributed by atoms with van der Waals surface area (Å²) in [5, 5.41) is 12.1. The van der Waals surface area contributed by atoms with E-state index in [0.717, 1.165) is 21.5 Å². The smallest absolute Gasteiger partial charge is 0.100 e. The van der Waals surface area contributed by atoms with Gasteiger partial charge in [0.2, 0.25) is 0 Å². The number of aromatic nitrogens is 1.